The Hall–Kier alpha value is -2.76. The van der Waals surface area contributed by atoms with E-state index in [0.717, 1.165) is 29.0 Å². The van der Waals surface area contributed by atoms with E-state index in [1.165, 1.54) is 12.1 Å². The molecule has 130 valence electrons. The van der Waals surface area contributed by atoms with Crippen LogP contribution in [0.25, 0.3) is 11.3 Å². The summed E-state index contributed by atoms with van der Waals surface area (Å²) in [5, 5.41) is 4.42. The molecule has 0 N–H and O–H groups in total. The van der Waals surface area contributed by atoms with Crippen LogP contribution in [0.2, 0.25) is 0 Å². The summed E-state index contributed by atoms with van der Waals surface area (Å²) >= 11 is 0. The minimum Gasteiger partial charge on any atom is -0.496 e. The molecule has 0 amide bonds. The zero-order valence-electron chi connectivity index (χ0n) is 13.8. The maximum atomic E-state index is 12.7. The van der Waals surface area contributed by atoms with Crippen molar-refractivity contribution in [2.75, 3.05) is 7.11 Å². The first-order chi connectivity index (χ1) is 11.9. The Morgan fingerprint density at radius 3 is 2.32 bits per heavy atom. The highest BCUT2D eigenvalue weighted by Gasteiger charge is 2.30. The zero-order valence-corrected chi connectivity index (χ0v) is 13.8. The van der Waals surface area contributed by atoms with Crippen molar-refractivity contribution in [2.45, 2.75) is 12.6 Å². The molecule has 0 aliphatic rings. The van der Waals surface area contributed by atoms with Crippen LogP contribution >= 0.6 is 0 Å². The molecule has 3 nitrogen and oxygen atoms in total. The third kappa shape index (κ3) is 3.68. The fraction of sp³-hybridized carbons (Fsp3) is 0.211. The van der Waals surface area contributed by atoms with Gasteiger partial charge in [-0.1, -0.05) is 30.3 Å². The highest BCUT2D eigenvalue weighted by Crippen LogP contribution is 2.32. The van der Waals surface area contributed by atoms with E-state index in [2.05, 4.69) is 5.10 Å². The van der Waals surface area contributed by atoms with E-state index < -0.39 is 11.7 Å². The number of nitrogens with zero attached hydrogens (tertiary/aromatic N) is 2. The van der Waals surface area contributed by atoms with Gasteiger partial charge >= 0.3 is 6.18 Å². The van der Waals surface area contributed by atoms with Crippen LogP contribution in [-0.4, -0.2) is 16.9 Å². The number of aromatic nitrogens is 2. The maximum Gasteiger partial charge on any atom is 0.416 e. The predicted octanol–water partition coefficient (Wildman–Crippen LogP) is 4.71. The molecule has 0 aliphatic carbocycles. The second-order valence-electron chi connectivity index (χ2n) is 5.74. The van der Waals surface area contributed by atoms with Crippen LogP contribution in [0.15, 0.2) is 54.7 Å². The molecule has 0 unspecified atom stereocenters. The Labute approximate surface area is 143 Å². The molecule has 25 heavy (non-hydrogen) atoms. The molecular formula is C19H17F3N2O. The van der Waals surface area contributed by atoms with Gasteiger partial charge in [-0.2, -0.15) is 18.3 Å². The van der Waals surface area contributed by atoms with Crippen molar-refractivity contribution in [3.63, 3.8) is 0 Å². The third-order valence-electron chi connectivity index (χ3n) is 3.96. The second kappa shape index (κ2) is 6.63. The van der Waals surface area contributed by atoms with Gasteiger partial charge in [-0.3, -0.25) is 4.68 Å². The van der Waals surface area contributed by atoms with Crippen molar-refractivity contribution in [2.24, 2.45) is 7.05 Å². The molecule has 3 rings (SSSR count). The van der Waals surface area contributed by atoms with Gasteiger partial charge in [-0.15, -0.1) is 0 Å². The van der Waals surface area contributed by atoms with Gasteiger partial charge in [0, 0.05) is 30.8 Å². The molecule has 2 aromatic carbocycles. The van der Waals surface area contributed by atoms with Crippen LogP contribution < -0.4 is 4.74 Å². The molecular weight excluding hydrogens is 329 g/mol. The SMILES string of the molecule is COc1ccccc1Cc1cn(C)nc1-c1ccc(C(F)(F)F)cc1. The summed E-state index contributed by atoms with van der Waals surface area (Å²) in [6, 6.07) is 12.7. The molecule has 0 atom stereocenters. The monoisotopic (exact) mass is 346 g/mol. The van der Waals surface area contributed by atoms with Crippen LogP contribution in [0.4, 0.5) is 13.2 Å². The normalized spacial score (nSPS) is 11.6. The fourth-order valence-electron chi connectivity index (χ4n) is 2.78. The summed E-state index contributed by atoms with van der Waals surface area (Å²) < 4.78 is 45.3. The minimum absolute atomic E-state index is 0.578. The Bertz CT molecular complexity index is 867. The van der Waals surface area contributed by atoms with Gasteiger partial charge < -0.3 is 4.74 Å². The number of alkyl halides is 3. The van der Waals surface area contributed by atoms with Gasteiger partial charge in [0.2, 0.25) is 0 Å². The van der Waals surface area contributed by atoms with E-state index >= 15 is 0 Å². The molecule has 0 saturated carbocycles. The smallest absolute Gasteiger partial charge is 0.416 e. The Morgan fingerprint density at radius 1 is 1.00 bits per heavy atom. The molecule has 0 bridgehead atoms. The Kier molecular flexibility index (Phi) is 4.53. The first-order valence-electron chi connectivity index (χ1n) is 7.70. The van der Waals surface area contributed by atoms with Gasteiger partial charge in [0.1, 0.15) is 5.75 Å². The topological polar surface area (TPSA) is 27.1 Å². The van der Waals surface area contributed by atoms with E-state index in [9.17, 15) is 13.2 Å². The van der Waals surface area contributed by atoms with E-state index in [4.69, 9.17) is 4.74 Å². The lowest BCUT2D eigenvalue weighted by molar-refractivity contribution is -0.137. The zero-order chi connectivity index (χ0) is 18.0. The highest BCUT2D eigenvalue weighted by molar-refractivity contribution is 5.64. The molecule has 0 aliphatic heterocycles. The summed E-state index contributed by atoms with van der Waals surface area (Å²) in [7, 11) is 3.40. The molecule has 0 radical (unpaired) electrons. The fourth-order valence-corrected chi connectivity index (χ4v) is 2.78. The molecule has 0 spiro atoms. The van der Waals surface area contributed by atoms with Crippen LogP contribution in [0, 0.1) is 0 Å². The Balaban J connectivity index is 1.96. The van der Waals surface area contributed by atoms with Crippen molar-refractivity contribution in [3.05, 3.63) is 71.4 Å². The summed E-state index contributed by atoms with van der Waals surface area (Å²) in [5.74, 6) is 0.768. The van der Waals surface area contributed by atoms with Crippen LogP contribution in [0.1, 0.15) is 16.7 Å². The van der Waals surface area contributed by atoms with Gasteiger partial charge in [-0.25, -0.2) is 0 Å². The summed E-state index contributed by atoms with van der Waals surface area (Å²) in [6.45, 7) is 0. The molecule has 1 aromatic heterocycles. The van der Waals surface area contributed by atoms with Gasteiger partial charge in [0.25, 0.3) is 0 Å². The van der Waals surface area contributed by atoms with E-state index in [1.807, 2.05) is 30.5 Å². The number of aryl methyl sites for hydroxylation is 1. The number of methoxy groups -OCH3 is 1. The van der Waals surface area contributed by atoms with Gasteiger partial charge in [0.15, 0.2) is 0 Å². The van der Waals surface area contributed by atoms with Crippen LogP contribution in [0.3, 0.4) is 0 Å². The van der Waals surface area contributed by atoms with E-state index in [-0.39, 0.29) is 0 Å². The quantitative estimate of drug-likeness (QED) is 0.684. The predicted molar refractivity (Wildman–Crippen MR) is 89.4 cm³/mol. The van der Waals surface area contributed by atoms with Gasteiger partial charge in [0.05, 0.1) is 18.4 Å². The molecule has 3 aromatic rings. The number of rotatable bonds is 4. The third-order valence-corrected chi connectivity index (χ3v) is 3.96. The Morgan fingerprint density at radius 2 is 1.68 bits per heavy atom. The number of hydrogen-bond acceptors (Lipinski definition) is 2. The lowest BCUT2D eigenvalue weighted by Gasteiger charge is -2.09. The number of benzene rings is 2. The van der Waals surface area contributed by atoms with Crippen molar-refractivity contribution in [1.82, 2.24) is 9.78 Å². The first-order valence-corrected chi connectivity index (χ1v) is 7.70. The van der Waals surface area contributed by atoms with Crippen molar-refractivity contribution in [3.8, 4) is 17.0 Å². The molecule has 0 fully saturated rings. The summed E-state index contributed by atoms with van der Waals surface area (Å²) in [6.07, 6.45) is -1.89. The lowest BCUT2D eigenvalue weighted by atomic mass is 10.0. The first kappa shape index (κ1) is 17.1. The maximum absolute atomic E-state index is 12.7. The van der Waals surface area contributed by atoms with Gasteiger partial charge in [-0.05, 0) is 23.8 Å². The second-order valence-corrected chi connectivity index (χ2v) is 5.74. The molecule has 0 saturated heterocycles. The minimum atomic E-state index is -4.34. The van der Waals surface area contributed by atoms with E-state index in [0.29, 0.717) is 17.7 Å². The van der Waals surface area contributed by atoms with Crippen molar-refractivity contribution in [1.29, 1.82) is 0 Å². The average Bonchev–Trinajstić information content (AvgIpc) is 2.95. The number of halogens is 3. The molecule has 1 heterocycles. The lowest BCUT2D eigenvalue weighted by Crippen LogP contribution is -2.04. The van der Waals surface area contributed by atoms with E-state index in [1.54, 1.807) is 18.8 Å². The molecule has 6 heteroatoms. The standard InChI is InChI=1S/C19H17F3N2O/c1-24-12-15(11-14-5-3-4-6-17(14)25-2)18(23-24)13-7-9-16(10-8-13)19(20,21)22/h3-10,12H,11H2,1-2H3. The van der Waals surface area contributed by atoms with Crippen molar-refractivity contribution < 1.29 is 17.9 Å². The van der Waals surface area contributed by atoms with Crippen LogP contribution in [-0.2, 0) is 19.6 Å². The number of ether oxygens (including phenoxy) is 1. The largest absolute Gasteiger partial charge is 0.496 e. The summed E-state index contributed by atoms with van der Waals surface area (Å²) in [5.41, 5.74) is 2.57. The average molecular weight is 346 g/mol. The number of hydrogen-bond donors (Lipinski definition) is 0. The number of para-hydroxylation sites is 1. The van der Waals surface area contributed by atoms with Crippen LogP contribution in [0.5, 0.6) is 5.75 Å². The summed E-state index contributed by atoms with van der Waals surface area (Å²) in [4.78, 5) is 0. The van der Waals surface area contributed by atoms with Crippen molar-refractivity contribution >= 4 is 0 Å². The highest BCUT2D eigenvalue weighted by atomic mass is 19.4.